The van der Waals surface area contributed by atoms with Gasteiger partial charge in [-0.15, -0.1) is 0 Å². The van der Waals surface area contributed by atoms with Gasteiger partial charge in [-0.1, -0.05) is 6.58 Å². The molecule has 0 radical (unpaired) electrons. The highest BCUT2D eigenvalue weighted by Crippen LogP contribution is 2.22. The number of methoxy groups -OCH3 is 1. The lowest BCUT2D eigenvalue weighted by Gasteiger charge is -2.38. The Bertz CT molecular complexity index is 700. The van der Waals surface area contributed by atoms with Crippen LogP contribution in [0.2, 0.25) is 0 Å². The van der Waals surface area contributed by atoms with Crippen molar-refractivity contribution in [1.29, 1.82) is 0 Å². The summed E-state index contributed by atoms with van der Waals surface area (Å²) >= 11 is 0. The number of carbonyl (C=O) groups is 1. The number of nitrogens with zero attached hydrogens (tertiary/aromatic N) is 2. The van der Waals surface area contributed by atoms with E-state index in [0.717, 1.165) is 6.42 Å². The van der Waals surface area contributed by atoms with E-state index >= 15 is 0 Å². The van der Waals surface area contributed by atoms with Gasteiger partial charge in [-0.2, -0.15) is 13.2 Å². The van der Waals surface area contributed by atoms with E-state index in [2.05, 4.69) is 16.9 Å². The number of alkyl halides is 3. The van der Waals surface area contributed by atoms with E-state index in [-0.39, 0.29) is 29.5 Å². The minimum Gasteiger partial charge on any atom is -0.399 e. The van der Waals surface area contributed by atoms with Crippen molar-refractivity contribution in [1.82, 2.24) is 10.2 Å². The van der Waals surface area contributed by atoms with Crippen molar-refractivity contribution >= 4 is 11.7 Å². The number of hydrogen-bond donors (Lipinski definition) is 3. The van der Waals surface area contributed by atoms with E-state index in [9.17, 15) is 18.0 Å². The van der Waals surface area contributed by atoms with Crippen LogP contribution < -0.4 is 16.8 Å². The Morgan fingerprint density at radius 2 is 1.90 bits per heavy atom. The number of nitrogens with one attached hydrogen (secondary N) is 1. The van der Waals surface area contributed by atoms with Gasteiger partial charge in [-0.3, -0.25) is 4.79 Å². The molecule has 2 aliphatic rings. The van der Waals surface area contributed by atoms with Gasteiger partial charge in [0.2, 0.25) is 5.84 Å². The molecule has 2 aliphatic heterocycles. The van der Waals surface area contributed by atoms with Gasteiger partial charge in [0.05, 0.1) is 12.7 Å². The molecule has 0 spiro atoms. The first kappa shape index (κ1) is 24.2. The first-order valence-electron chi connectivity index (χ1n) is 9.77. The van der Waals surface area contributed by atoms with Crippen molar-refractivity contribution in [2.45, 2.75) is 50.6 Å². The first-order chi connectivity index (χ1) is 14.0. The summed E-state index contributed by atoms with van der Waals surface area (Å²) in [4.78, 5) is 17.7. The molecular formula is C19H30F3N5O3. The van der Waals surface area contributed by atoms with Gasteiger partial charge in [0.25, 0.3) is 5.91 Å². The Balaban J connectivity index is 2.06. The molecule has 0 aromatic rings. The second kappa shape index (κ2) is 10.3. The van der Waals surface area contributed by atoms with Crippen molar-refractivity contribution in [2.75, 3.05) is 33.4 Å². The largest absolute Gasteiger partial charge is 0.448 e. The Kier molecular flexibility index (Phi) is 8.27. The number of allylic oxidation sites excluding steroid dienone is 1. The van der Waals surface area contributed by atoms with Crippen LogP contribution in [0.4, 0.5) is 13.2 Å². The van der Waals surface area contributed by atoms with E-state index in [1.165, 1.54) is 11.8 Å². The van der Waals surface area contributed by atoms with Crippen LogP contribution in [0.5, 0.6) is 0 Å². The normalized spacial score (nSPS) is 25.1. The molecule has 0 aromatic heterocycles. The summed E-state index contributed by atoms with van der Waals surface area (Å²) in [5.74, 6) is -2.25. The van der Waals surface area contributed by atoms with E-state index in [0.29, 0.717) is 39.1 Å². The number of aliphatic imine (C=N–C) groups is 1. The highest BCUT2D eigenvalue weighted by molar-refractivity contribution is 5.99. The molecule has 30 heavy (non-hydrogen) atoms. The van der Waals surface area contributed by atoms with Gasteiger partial charge in [-0.25, -0.2) is 4.99 Å². The third-order valence-corrected chi connectivity index (χ3v) is 5.40. The average Bonchev–Trinajstić information content (AvgIpc) is 2.71. The number of piperidine rings is 1. The predicted octanol–water partition coefficient (Wildman–Crippen LogP) is 1.04. The SMILES string of the molecule is C=C(N)/C(C)=C(\N=C(/N)C(F)(F)F)C(=O)N1CCC(N[C@H]2CCOC[C@H]2OC)CC1. The number of ether oxygens (including phenoxy) is 2. The molecule has 2 rings (SSSR count). The number of likely N-dealkylation sites (tertiary alicyclic amines) is 1. The molecular weight excluding hydrogens is 403 g/mol. The predicted molar refractivity (Wildman–Crippen MR) is 106 cm³/mol. The molecule has 2 atom stereocenters. The van der Waals surface area contributed by atoms with Gasteiger partial charge in [0.1, 0.15) is 5.70 Å². The summed E-state index contributed by atoms with van der Waals surface area (Å²) in [6.07, 6.45) is -2.76. The fourth-order valence-corrected chi connectivity index (χ4v) is 3.46. The summed E-state index contributed by atoms with van der Waals surface area (Å²) in [6.45, 7) is 6.81. The number of hydrogen-bond acceptors (Lipinski definition) is 6. The maximum absolute atomic E-state index is 12.9. The van der Waals surface area contributed by atoms with Crippen LogP contribution in [0, 0.1) is 0 Å². The minimum atomic E-state index is -4.85. The first-order valence-corrected chi connectivity index (χ1v) is 9.77. The zero-order valence-electron chi connectivity index (χ0n) is 17.3. The molecule has 0 saturated carbocycles. The van der Waals surface area contributed by atoms with E-state index in [1.54, 1.807) is 7.11 Å². The van der Waals surface area contributed by atoms with E-state index < -0.39 is 23.6 Å². The Morgan fingerprint density at radius 3 is 2.43 bits per heavy atom. The molecule has 0 bridgehead atoms. The number of amides is 1. The number of halogens is 3. The second-order valence-electron chi connectivity index (χ2n) is 7.47. The molecule has 2 fully saturated rings. The van der Waals surface area contributed by atoms with Crippen LogP contribution in [-0.2, 0) is 14.3 Å². The van der Waals surface area contributed by atoms with Crippen molar-refractivity contribution in [3.8, 4) is 0 Å². The lowest BCUT2D eigenvalue weighted by Crippen LogP contribution is -2.54. The van der Waals surface area contributed by atoms with Crippen LogP contribution in [-0.4, -0.2) is 74.4 Å². The van der Waals surface area contributed by atoms with Gasteiger partial charge in [-0.05, 0) is 26.2 Å². The second-order valence-corrected chi connectivity index (χ2v) is 7.47. The zero-order chi connectivity index (χ0) is 22.5. The van der Waals surface area contributed by atoms with Crippen LogP contribution in [0.25, 0.3) is 0 Å². The highest BCUT2D eigenvalue weighted by atomic mass is 19.4. The van der Waals surface area contributed by atoms with Gasteiger partial charge in [0.15, 0.2) is 0 Å². The molecule has 170 valence electrons. The summed E-state index contributed by atoms with van der Waals surface area (Å²) in [5.41, 5.74) is 10.2. The highest BCUT2D eigenvalue weighted by Gasteiger charge is 2.36. The fourth-order valence-electron chi connectivity index (χ4n) is 3.46. The van der Waals surface area contributed by atoms with Gasteiger partial charge >= 0.3 is 6.18 Å². The number of nitrogens with two attached hydrogens (primary N) is 2. The third kappa shape index (κ3) is 6.19. The van der Waals surface area contributed by atoms with Gasteiger partial charge < -0.3 is 31.2 Å². The fraction of sp³-hybridized carbons (Fsp3) is 0.684. The Hall–Kier alpha value is -2.11. The lowest BCUT2D eigenvalue weighted by atomic mass is 9.99. The molecule has 8 nitrogen and oxygen atoms in total. The lowest BCUT2D eigenvalue weighted by molar-refractivity contribution is -0.128. The van der Waals surface area contributed by atoms with Crippen molar-refractivity contribution < 1.29 is 27.4 Å². The maximum Gasteiger partial charge on any atom is 0.448 e. The zero-order valence-corrected chi connectivity index (χ0v) is 17.3. The van der Waals surface area contributed by atoms with Crippen LogP contribution in [0.1, 0.15) is 26.2 Å². The number of rotatable bonds is 6. The maximum atomic E-state index is 12.9. The Morgan fingerprint density at radius 1 is 1.27 bits per heavy atom. The molecule has 2 heterocycles. The van der Waals surface area contributed by atoms with Crippen molar-refractivity contribution in [3.63, 3.8) is 0 Å². The summed E-state index contributed by atoms with van der Waals surface area (Å²) < 4.78 is 49.4. The van der Waals surface area contributed by atoms with Crippen LogP contribution in [0.15, 0.2) is 28.5 Å². The van der Waals surface area contributed by atoms with Crippen LogP contribution in [0.3, 0.4) is 0 Å². The number of amidine groups is 1. The molecule has 0 aromatic carbocycles. The topological polar surface area (TPSA) is 115 Å². The standard InChI is InChI=1S/C19H30F3N5O3/c1-11(12(2)23)16(26-18(24)19(20,21)22)17(28)27-7-4-13(5-8-27)25-14-6-9-30-10-15(14)29-3/h13-15,25H,2,4-10,23H2,1,3H3,(H2,24,26)/b16-11-/t14-,15+/m0/s1. The monoisotopic (exact) mass is 433 g/mol. The molecule has 0 aliphatic carbocycles. The van der Waals surface area contributed by atoms with E-state index in [4.69, 9.17) is 20.9 Å². The van der Waals surface area contributed by atoms with Crippen molar-refractivity contribution in [2.24, 2.45) is 16.5 Å². The third-order valence-electron chi connectivity index (χ3n) is 5.40. The number of carbonyl (C=O) groups excluding carboxylic acids is 1. The summed E-state index contributed by atoms with van der Waals surface area (Å²) in [7, 11) is 1.64. The smallest absolute Gasteiger partial charge is 0.399 e. The molecule has 5 N–H and O–H groups in total. The quantitative estimate of drug-likeness (QED) is 0.250. The van der Waals surface area contributed by atoms with E-state index in [1.807, 2.05) is 0 Å². The molecule has 1 amide bonds. The summed E-state index contributed by atoms with van der Waals surface area (Å²) in [5, 5.41) is 3.56. The van der Waals surface area contributed by atoms with Gasteiger partial charge in [0, 0.05) is 50.2 Å². The molecule has 0 unspecified atom stereocenters. The van der Waals surface area contributed by atoms with Crippen LogP contribution >= 0.6 is 0 Å². The average molecular weight is 433 g/mol. The van der Waals surface area contributed by atoms with Crippen molar-refractivity contribution in [3.05, 3.63) is 23.5 Å². The molecule has 11 heteroatoms. The Labute approximate surface area is 174 Å². The molecule has 2 saturated heterocycles. The minimum absolute atomic E-state index is 0.0363. The summed E-state index contributed by atoms with van der Waals surface area (Å²) in [6, 6.07) is 0.321.